The molecule has 1 saturated heterocycles. The minimum absolute atomic E-state index is 0. The number of aryl methyl sites for hydroxylation is 1. The van der Waals surface area contributed by atoms with E-state index in [1.165, 1.54) is 0 Å². The van der Waals surface area contributed by atoms with Crippen LogP contribution < -0.4 is 10.6 Å². The summed E-state index contributed by atoms with van der Waals surface area (Å²) in [5.74, 6) is 1.13. The third kappa shape index (κ3) is 9.22. The van der Waals surface area contributed by atoms with Crippen LogP contribution in [0.15, 0.2) is 17.4 Å². The van der Waals surface area contributed by atoms with Crippen molar-refractivity contribution in [2.24, 2.45) is 18.0 Å². The Labute approximate surface area is 203 Å². The van der Waals surface area contributed by atoms with Crippen molar-refractivity contribution in [3.8, 4) is 0 Å². The number of hydrogen-bond donors (Lipinski definition) is 3. The SMILES string of the molecule is CCNC(=NCC(C)(O)c1cnn(C)c1)NCC1CCN(C(=O)OC(C)(C)C)CC1.I. The molecule has 178 valence electrons. The first kappa shape index (κ1) is 27.5. The van der Waals surface area contributed by atoms with E-state index in [1.54, 1.807) is 28.9 Å². The smallest absolute Gasteiger partial charge is 0.410 e. The van der Waals surface area contributed by atoms with Crippen LogP contribution in [-0.4, -0.2) is 70.2 Å². The summed E-state index contributed by atoms with van der Waals surface area (Å²) in [6, 6.07) is 0. The summed E-state index contributed by atoms with van der Waals surface area (Å²) >= 11 is 0. The third-order valence-electron chi connectivity index (χ3n) is 5.04. The molecule has 2 heterocycles. The van der Waals surface area contributed by atoms with E-state index in [2.05, 4.69) is 20.7 Å². The molecule has 0 aliphatic carbocycles. The number of likely N-dealkylation sites (tertiary alicyclic amines) is 1. The van der Waals surface area contributed by atoms with Crippen molar-refractivity contribution in [2.75, 3.05) is 32.7 Å². The van der Waals surface area contributed by atoms with E-state index in [0.29, 0.717) is 25.0 Å². The number of rotatable bonds is 6. The molecular formula is C21H39IN6O3. The first-order chi connectivity index (χ1) is 14.0. The first-order valence-corrected chi connectivity index (χ1v) is 10.7. The van der Waals surface area contributed by atoms with Gasteiger partial charge in [0.25, 0.3) is 0 Å². The number of halogens is 1. The highest BCUT2D eigenvalue weighted by Crippen LogP contribution is 2.21. The lowest BCUT2D eigenvalue weighted by Crippen LogP contribution is -2.45. The number of hydrogen-bond acceptors (Lipinski definition) is 5. The highest BCUT2D eigenvalue weighted by atomic mass is 127. The van der Waals surface area contributed by atoms with E-state index in [0.717, 1.165) is 31.5 Å². The van der Waals surface area contributed by atoms with Gasteiger partial charge >= 0.3 is 6.09 Å². The van der Waals surface area contributed by atoms with Gasteiger partial charge in [0.2, 0.25) is 0 Å². The standard InChI is InChI=1S/C21H38N6O3.HI/c1-7-22-18(24-15-21(5,29)17-13-25-26(6)14-17)23-12-16-8-10-27(11-9-16)19(28)30-20(2,3)4;/h13-14,16,29H,7-12,15H2,1-6H3,(H2,22,23,24);1H. The maximum atomic E-state index is 12.2. The molecule has 1 aliphatic rings. The van der Waals surface area contributed by atoms with Gasteiger partial charge in [-0.15, -0.1) is 24.0 Å². The predicted molar refractivity (Wildman–Crippen MR) is 133 cm³/mol. The van der Waals surface area contributed by atoms with Gasteiger partial charge in [0.1, 0.15) is 11.2 Å². The Hall–Kier alpha value is -1.56. The summed E-state index contributed by atoms with van der Waals surface area (Å²) in [6.45, 7) is 12.5. The van der Waals surface area contributed by atoms with Crippen LogP contribution in [0.1, 0.15) is 53.0 Å². The van der Waals surface area contributed by atoms with Crippen molar-refractivity contribution in [2.45, 2.75) is 58.7 Å². The van der Waals surface area contributed by atoms with Crippen LogP contribution in [-0.2, 0) is 17.4 Å². The number of ether oxygens (including phenoxy) is 1. The second kappa shape index (κ2) is 11.9. The van der Waals surface area contributed by atoms with E-state index in [9.17, 15) is 9.90 Å². The first-order valence-electron chi connectivity index (χ1n) is 10.7. The van der Waals surface area contributed by atoms with Gasteiger partial charge in [-0.1, -0.05) is 0 Å². The summed E-state index contributed by atoms with van der Waals surface area (Å²) in [4.78, 5) is 18.5. The quantitative estimate of drug-likeness (QED) is 0.286. The molecule has 10 heteroatoms. The van der Waals surface area contributed by atoms with Gasteiger partial charge in [-0.3, -0.25) is 4.68 Å². The molecular weight excluding hydrogens is 511 g/mol. The summed E-state index contributed by atoms with van der Waals surface area (Å²) < 4.78 is 7.12. The van der Waals surface area contributed by atoms with Crippen molar-refractivity contribution in [1.29, 1.82) is 0 Å². The van der Waals surface area contributed by atoms with Crippen LogP contribution in [0.5, 0.6) is 0 Å². The maximum absolute atomic E-state index is 12.2. The zero-order valence-corrected chi connectivity index (χ0v) is 22.0. The van der Waals surface area contributed by atoms with Crippen molar-refractivity contribution in [3.05, 3.63) is 18.0 Å². The summed E-state index contributed by atoms with van der Waals surface area (Å²) in [6.07, 6.45) is 5.06. The van der Waals surface area contributed by atoms with E-state index in [4.69, 9.17) is 4.74 Å². The summed E-state index contributed by atoms with van der Waals surface area (Å²) in [5.41, 5.74) is -0.821. The summed E-state index contributed by atoms with van der Waals surface area (Å²) in [7, 11) is 1.82. The minimum Gasteiger partial charge on any atom is -0.444 e. The Kier molecular flexibility index (Phi) is 10.5. The molecule has 1 aromatic rings. The van der Waals surface area contributed by atoms with E-state index < -0.39 is 11.2 Å². The Bertz CT molecular complexity index is 721. The zero-order valence-electron chi connectivity index (χ0n) is 19.6. The molecule has 0 saturated carbocycles. The molecule has 1 aromatic heterocycles. The second-order valence-corrected chi connectivity index (χ2v) is 9.16. The molecule has 0 radical (unpaired) electrons. The Morgan fingerprint density at radius 3 is 2.45 bits per heavy atom. The normalized spacial score (nSPS) is 17.5. The molecule has 2 rings (SSSR count). The molecule has 1 atom stereocenters. The number of nitrogens with one attached hydrogen (secondary N) is 2. The predicted octanol–water partition coefficient (Wildman–Crippen LogP) is 2.45. The number of nitrogens with zero attached hydrogens (tertiary/aromatic N) is 4. The van der Waals surface area contributed by atoms with Crippen molar-refractivity contribution in [1.82, 2.24) is 25.3 Å². The molecule has 1 aliphatic heterocycles. The van der Waals surface area contributed by atoms with Gasteiger partial charge in [0.15, 0.2) is 5.96 Å². The topological polar surface area (TPSA) is 104 Å². The minimum atomic E-state index is -1.09. The zero-order chi connectivity index (χ0) is 22.4. The fourth-order valence-corrected chi connectivity index (χ4v) is 3.25. The molecule has 1 unspecified atom stereocenters. The Balaban J connectivity index is 0.00000480. The second-order valence-electron chi connectivity index (χ2n) is 9.16. The largest absolute Gasteiger partial charge is 0.444 e. The fourth-order valence-electron chi connectivity index (χ4n) is 3.25. The molecule has 0 aromatic carbocycles. The molecule has 0 spiro atoms. The van der Waals surface area contributed by atoms with Crippen molar-refractivity contribution in [3.63, 3.8) is 0 Å². The monoisotopic (exact) mass is 550 g/mol. The van der Waals surface area contributed by atoms with Crippen LogP contribution in [0.2, 0.25) is 0 Å². The number of aromatic nitrogens is 2. The van der Waals surface area contributed by atoms with Crippen LogP contribution in [0.3, 0.4) is 0 Å². The Morgan fingerprint density at radius 2 is 1.94 bits per heavy atom. The molecule has 1 fully saturated rings. The number of amides is 1. The van der Waals surface area contributed by atoms with Gasteiger partial charge < -0.3 is 25.4 Å². The maximum Gasteiger partial charge on any atom is 0.410 e. The van der Waals surface area contributed by atoms with Crippen molar-refractivity contribution >= 4 is 36.0 Å². The van der Waals surface area contributed by atoms with E-state index >= 15 is 0 Å². The van der Waals surface area contributed by atoms with Crippen LogP contribution in [0.4, 0.5) is 4.79 Å². The number of aliphatic hydroxyl groups is 1. The summed E-state index contributed by atoms with van der Waals surface area (Å²) in [5, 5.41) is 21.5. The lowest BCUT2D eigenvalue weighted by atomic mass is 9.97. The molecule has 3 N–H and O–H groups in total. The van der Waals surface area contributed by atoms with Gasteiger partial charge in [-0.25, -0.2) is 9.79 Å². The van der Waals surface area contributed by atoms with Crippen LogP contribution >= 0.6 is 24.0 Å². The number of piperidine rings is 1. The number of guanidine groups is 1. The number of carbonyl (C=O) groups is 1. The van der Waals surface area contributed by atoms with E-state index in [1.807, 2.05) is 34.7 Å². The fraction of sp³-hybridized carbons (Fsp3) is 0.762. The van der Waals surface area contributed by atoms with Gasteiger partial charge in [-0.05, 0) is 53.4 Å². The third-order valence-corrected chi connectivity index (χ3v) is 5.04. The number of aliphatic imine (C=N–C) groups is 1. The van der Waals surface area contributed by atoms with Crippen LogP contribution in [0.25, 0.3) is 0 Å². The average molecular weight is 550 g/mol. The highest BCUT2D eigenvalue weighted by molar-refractivity contribution is 14.0. The highest BCUT2D eigenvalue weighted by Gasteiger charge is 2.27. The van der Waals surface area contributed by atoms with Crippen molar-refractivity contribution < 1.29 is 14.6 Å². The lowest BCUT2D eigenvalue weighted by molar-refractivity contribution is 0.0185. The van der Waals surface area contributed by atoms with Gasteiger partial charge in [-0.2, -0.15) is 5.10 Å². The van der Waals surface area contributed by atoms with Gasteiger partial charge in [0.05, 0.1) is 12.7 Å². The lowest BCUT2D eigenvalue weighted by Gasteiger charge is -2.33. The van der Waals surface area contributed by atoms with Gasteiger partial charge in [0, 0.05) is 45.0 Å². The number of carbonyl (C=O) groups excluding carboxylic acids is 1. The molecule has 1 amide bonds. The molecule has 0 bridgehead atoms. The van der Waals surface area contributed by atoms with Crippen LogP contribution in [0, 0.1) is 5.92 Å². The molecule has 31 heavy (non-hydrogen) atoms. The van der Waals surface area contributed by atoms with E-state index in [-0.39, 0.29) is 36.6 Å². The average Bonchev–Trinajstić information content (AvgIpc) is 3.10. The molecule has 9 nitrogen and oxygen atoms in total. The Morgan fingerprint density at radius 1 is 1.29 bits per heavy atom.